The number of ether oxygens (including phenoxy) is 1. The average molecular weight is 342 g/mol. The van der Waals surface area contributed by atoms with Gasteiger partial charge in [0, 0.05) is 17.0 Å². The van der Waals surface area contributed by atoms with Gasteiger partial charge in [0.2, 0.25) is 5.16 Å². The Labute approximate surface area is 144 Å². The first kappa shape index (κ1) is 16.4. The molecular formula is C17H18N4O2S. The third kappa shape index (κ3) is 3.26. The number of rotatable bonds is 5. The first-order valence-corrected chi connectivity index (χ1v) is 8.42. The highest BCUT2D eigenvalue weighted by Gasteiger charge is 2.19. The van der Waals surface area contributed by atoms with Crippen molar-refractivity contribution >= 4 is 23.3 Å². The normalized spacial score (nSPS) is 12.3. The zero-order chi connectivity index (χ0) is 17.3. The highest BCUT2D eigenvalue weighted by Crippen LogP contribution is 2.24. The maximum absolute atomic E-state index is 12.5. The highest BCUT2D eigenvalue weighted by molar-refractivity contribution is 8.00. The van der Waals surface area contributed by atoms with Crippen molar-refractivity contribution in [2.45, 2.75) is 31.2 Å². The molecule has 0 N–H and O–H groups in total. The first-order valence-electron chi connectivity index (χ1n) is 7.54. The van der Waals surface area contributed by atoms with Crippen molar-refractivity contribution in [1.82, 2.24) is 19.6 Å². The molecule has 0 fully saturated rings. The summed E-state index contributed by atoms with van der Waals surface area (Å²) in [5.74, 6) is 1.31. The smallest absolute Gasteiger partial charge is 0.253 e. The van der Waals surface area contributed by atoms with E-state index < -0.39 is 0 Å². The fourth-order valence-corrected chi connectivity index (χ4v) is 3.22. The van der Waals surface area contributed by atoms with E-state index in [-0.39, 0.29) is 11.0 Å². The van der Waals surface area contributed by atoms with E-state index in [2.05, 4.69) is 15.1 Å². The number of hydrogen-bond acceptors (Lipinski definition) is 6. The van der Waals surface area contributed by atoms with Crippen molar-refractivity contribution in [3.05, 3.63) is 47.3 Å². The molecular weight excluding hydrogens is 324 g/mol. The van der Waals surface area contributed by atoms with Gasteiger partial charge >= 0.3 is 0 Å². The molecule has 24 heavy (non-hydrogen) atoms. The second-order valence-electron chi connectivity index (χ2n) is 5.50. The van der Waals surface area contributed by atoms with Crippen LogP contribution in [0, 0.1) is 13.8 Å². The second kappa shape index (κ2) is 6.60. The number of thioether (sulfide) groups is 1. The van der Waals surface area contributed by atoms with Crippen molar-refractivity contribution in [1.29, 1.82) is 0 Å². The summed E-state index contributed by atoms with van der Waals surface area (Å²) in [6, 6.07) is 9.05. The zero-order valence-electron chi connectivity index (χ0n) is 14.0. The molecule has 2 aromatic heterocycles. The lowest BCUT2D eigenvalue weighted by Gasteiger charge is -2.08. The monoisotopic (exact) mass is 342 g/mol. The highest BCUT2D eigenvalue weighted by atomic mass is 32.2. The van der Waals surface area contributed by atoms with Crippen LogP contribution >= 0.6 is 11.8 Å². The maximum Gasteiger partial charge on any atom is 0.253 e. The van der Waals surface area contributed by atoms with Crippen molar-refractivity contribution in [3.8, 4) is 5.75 Å². The summed E-state index contributed by atoms with van der Waals surface area (Å²) < 4.78 is 6.81. The van der Waals surface area contributed by atoms with Crippen molar-refractivity contribution in [2.24, 2.45) is 0 Å². The molecule has 0 amide bonds. The fraction of sp³-hybridized carbons (Fsp3) is 0.294. The number of aromatic nitrogens is 4. The van der Waals surface area contributed by atoms with Crippen LogP contribution in [-0.4, -0.2) is 37.7 Å². The molecule has 0 aliphatic heterocycles. The molecule has 0 radical (unpaired) electrons. The molecule has 3 aromatic rings. The lowest BCUT2D eigenvalue weighted by atomic mass is 10.1. The number of ketones is 1. The number of nitrogens with zero attached hydrogens (tertiary/aromatic N) is 4. The van der Waals surface area contributed by atoms with Gasteiger partial charge in [-0.3, -0.25) is 4.79 Å². The Morgan fingerprint density at radius 3 is 2.58 bits per heavy atom. The summed E-state index contributed by atoms with van der Waals surface area (Å²) >= 11 is 1.33. The standard InChI is InChI=1S/C17H18N4O2S/c1-10-9-11(2)21-16(18-10)19-17(20-21)24-12(3)15(22)13-5-7-14(23-4)8-6-13/h5-9,12H,1-4H3/t12-/m1/s1. The van der Waals surface area contributed by atoms with Gasteiger partial charge in [0.1, 0.15) is 5.75 Å². The molecule has 3 rings (SSSR count). The quantitative estimate of drug-likeness (QED) is 0.524. The molecule has 7 heteroatoms. The van der Waals surface area contributed by atoms with E-state index in [1.165, 1.54) is 11.8 Å². The summed E-state index contributed by atoms with van der Waals surface area (Å²) in [4.78, 5) is 21.3. The van der Waals surface area contributed by atoms with E-state index in [9.17, 15) is 4.79 Å². The van der Waals surface area contributed by atoms with Crippen molar-refractivity contribution in [2.75, 3.05) is 7.11 Å². The van der Waals surface area contributed by atoms with Gasteiger partial charge in [0.25, 0.3) is 5.78 Å². The van der Waals surface area contributed by atoms with Gasteiger partial charge in [-0.25, -0.2) is 9.50 Å². The molecule has 6 nitrogen and oxygen atoms in total. The van der Waals surface area contributed by atoms with Crippen molar-refractivity contribution in [3.63, 3.8) is 0 Å². The molecule has 1 atom stereocenters. The van der Waals surface area contributed by atoms with Gasteiger partial charge in [0.15, 0.2) is 5.78 Å². The average Bonchev–Trinajstić information content (AvgIpc) is 2.96. The van der Waals surface area contributed by atoms with Gasteiger partial charge in [-0.15, -0.1) is 5.10 Å². The molecule has 0 aliphatic carbocycles. The number of aryl methyl sites for hydroxylation is 2. The van der Waals surface area contributed by atoms with Gasteiger partial charge < -0.3 is 4.74 Å². The van der Waals surface area contributed by atoms with Crippen LogP contribution in [0.15, 0.2) is 35.5 Å². The number of benzene rings is 1. The van der Waals surface area contributed by atoms with Gasteiger partial charge in [0.05, 0.1) is 12.4 Å². The van der Waals surface area contributed by atoms with Gasteiger partial charge in [-0.05, 0) is 51.1 Å². The van der Waals surface area contributed by atoms with E-state index in [4.69, 9.17) is 4.74 Å². The third-order valence-corrected chi connectivity index (χ3v) is 4.58. The van der Waals surface area contributed by atoms with Crippen molar-refractivity contribution < 1.29 is 9.53 Å². The van der Waals surface area contributed by atoms with Crippen LogP contribution in [0.3, 0.4) is 0 Å². The molecule has 0 saturated carbocycles. The largest absolute Gasteiger partial charge is 0.497 e. The van der Waals surface area contributed by atoms with Crippen LogP contribution in [-0.2, 0) is 0 Å². The van der Waals surface area contributed by atoms with E-state index >= 15 is 0 Å². The molecule has 0 unspecified atom stereocenters. The number of fused-ring (bicyclic) bond motifs is 1. The minimum atomic E-state index is -0.294. The lowest BCUT2D eigenvalue weighted by molar-refractivity contribution is 0.0994. The summed E-state index contributed by atoms with van der Waals surface area (Å²) in [6.45, 7) is 5.73. The third-order valence-electron chi connectivity index (χ3n) is 3.62. The van der Waals surface area contributed by atoms with Gasteiger partial charge in [-0.2, -0.15) is 4.98 Å². The van der Waals surface area contributed by atoms with Crippen LogP contribution in [0.1, 0.15) is 28.7 Å². The topological polar surface area (TPSA) is 69.4 Å². The number of hydrogen-bond donors (Lipinski definition) is 0. The second-order valence-corrected chi connectivity index (χ2v) is 6.81. The van der Waals surface area contributed by atoms with Crippen LogP contribution in [0.25, 0.3) is 5.78 Å². The zero-order valence-corrected chi connectivity index (χ0v) is 14.8. The Morgan fingerprint density at radius 2 is 1.92 bits per heavy atom. The van der Waals surface area contributed by atoms with Crippen LogP contribution in [0.4, 0.5) is 0 Å². The van der Waals surface area contributed by atoms with Gasteiger partial charge in [-0.1, -0.05) is 11.8 Å². The summed E-state index contributed by atoms with van der Waals surface area (Å²) in [6.07, 6.45) is 0. The summed E-state index contributed by atoms with van der Waals surface area (Å²) in [5.41, 5.74) is 2.50. The fourth-order valence-electron chi connectivity index (χ4n) is 2.40. The Balaban J connectivity index is 1.79. The minimum absolute atomic E-state index is 0.0300. The molecule has 1 aromatic carbocycles. The molecule has 0 saturated heterocycles. The minimum Gasteiger partial charge on any atom is -0.497 e. The summed E-state index contributed by atoms with van der Waals surface area (Å²) in [5, 5.41) is 4.68. The number of Topliss-reactive ketones (excluding diaryl/α,β-unsaturated/α-hetero) is 1. The van der Waals surface area contributed by atoms with E-state index in [1.807, 2.05) is 26.8 Å². The lowest BCUT2D eigenvalue weighted by Crippen LogP contribution is -2.13. The van der Waals surface area contributed by atoms with Crippen LogP contribution in [0.5, 0.6) is 5.75 Å². The molecule has 124 valence electrons. The Kier molecular flexibility index (Phi) is 4.53. The Bertz CT molecular complexity index is 889. The van der Waals surface area contributed by atoms with E-state index in [0.29, 0.717) is 16.5 Å². The Morgan fingerprint density at radius 1 is 1.21 bits per heavy atom. The summed E-state index contributed by atoms with van der Waals surface area (Å²) in [7, 11) is 1.60. The molecule has 2 heterocycles. The number of carbonyl (C=O) groups is 1. The van der Waals surface area contributed by atoms with Crippen LogP contribution in [0.2, 0.25) is 0 Å². The number of carbonyl (C=O) groups excluding carboxylic acids is 1. The molecule has 0 spiro atoms. The number of methoxy groups -OCH3 is 1. The van der Waals surface area contributed by atoms with E-state index in [1.54, 1.807) is 35.9 Å². The van der Waals surface area contributed by atoms with E-state index in [0.717, 1.165) is 17.1 Å². The molecule has 0 bridgehead atoms. The first-order chi connectivity index (χ1) is 11.5. The Hall–Kier alpha value is -2.41. The predicted molar refractivity (Wildman–Crippen MR) is 92.9 cm³/mol. The molecule has 0 aliphatic rings. The van der Waals surface area contributed by atoms with Crippen LogP contribution < -0.4 is 4.74 Å². The predicted octanol–water partition coefficient (Wildman–Crippen LogP) is 3.11. The SMILES string of the molecule is COc1ccc(C(=O)[C@@H](C)Sc2nc3nc(C)cc(C)n3n2)cc1. The maximum atomic E-state index is 12.5.